The third kappa shape index (κ3) is 3.23. The smallest absolute Gasteiger partial charge is 0.241 e. The molecule has 7 nitrogen and oxygen atoms in total. The van der Waals surface area contributed by atoms with Crippen molar-refractivity contribution in [2.75, 3.05) is 45.0 Å². The van der Waals surface area contributed by atoms with Gasteiger partial charge in [0.15, 0.2) is 0 Å². The molecule has 1 saturated heterocycles. The molecule has 1 aliphatic rings. The van der Waals surface area contributed by atoms with E-state index >= 15 is 0 Å². The number of hydrogen-bond donors (Lipinski definition) is 1. The van der Waals surface area contributed by atoms with Gasteiger partial charge < -0.3 is 15.0 Å². The second kappa shape index (κ2) is 6.15. The summed E-state index contributed by atoms with van der Waals surface area (Å²) in [6.45, 7) is 0.769. The van der Waals surface area contributed by atoms with Gasteiger partial charge in [-0.1, -0.05) is 0 Å². The number of methoxy groups -OCH3 is 1. The normalized spacial score (nSPS) is 22.8. The van der Waals surface area contributed by atoms with Crippen molar-refractivity contribution >= 4 is 17.5 Å². The lowest BCUT2D eigenvalue weighted by Gasteiger charge is -2.18. The summed E-state index contributed by atoms with van der Waals surface area (Å²) < 4.78 is 5.30. The van der Waals surface area contributed by atoms with E-state index in [1.54, 1.807) is 24.4 Å². The van der Waals surface area contributed by atoms with E-state index in [-0.39, 0.29) is 18.1 Å². The Bertz CT molecular complexity index is 462. The summed E-state index contributed by atoms with van der Waals surface area (Å²) in [4.78, 5) is 24.4. The van der Waals surface area contributed by atoms with Gasteiger partial charge in [-0.05, 0) is 13.5 Å². The molecule has 110 valence electrons. The van der Waals surface area contributed by atoms with Crippen LogP contribution in [0.5, 0.6) is 0 Å². The van der Waals surface area contributed by atoms with Crippen LogP contribution in [-0.4, -0.2) is 67.7 Å². The molecule has 0 radical (unpaired) electrons. The van der Waals surface area contributed by atoms with Crippen LogP contribution in [0.25, 0.3) is 0 Å². The monoisotopic (exact) mass is 279 g/mol. The third-order valence-electron chi connectivity index (χ3n) is 3.45. The highest BCUT2D eigenvalue weighted by Crippen LogP contribution is 2.19. The third-order valence-corrected chi connectivity index (χ3v) is 3.45. The molecule has 7 heteroatoms. The van der Waals surface area contributed by atoms with E-state index < -0.39 is 0 Å². The fraction of sp³-hybridized carbons (Fsp3) is 0.615. The lowest BCUT2D eigenvalue weighted by Crippen LogP contribution is -2.37. The van der Waals surface area contributed by atoms with E-state index in [1.807, 2.05) is 26.0 Å². The molecule has 1 fully saturated rings. The zero-order chi connectivity index (χ0) is 14.7. The van der Waals surface area contributed by atoms with E-state index in [2.05, 4.69) is 15.3 Å². The van der Waals surface area contributed by atoms with Gasteiger partial charge in [0.2, 0.25) is 11.9 Å². The van der Waals surface area contributed by atoms with Crippen LogP contribution in [0.4, 0.5) is 11.6 Å². The van der Waals surface area contributed by atoms with E-state index in [0.29, 0.717) is 18.1 Å². The molecule has 1 aromatic rings. The van der Waals surface area contributed by atoms with Gasteiger partial charge in [0.05, 0.1) is 30.2 Å². The van der Waals surface area contributed by atoms with Crippen LogP contribution in [-0.2, 0) is 9.53 Å². The minimum Gasteiger partial charge on any atom is -0.380 e. The zero-order valence-corrected chi connectivity index (χ0v) is 12.3. The first-order chi connectivity index (χ1) is 9.51. The van der Waals surface area contributed by atoms with Crippen LogP contribution in [0.15, 0.2) is 12.4 Å². The first-order valence-corrected chi connectivity index (χ1v) is 6.54. The van der Waals surface area contributed by atoms with Crippen LogP contribution in [0.3, 0.4) is 0 Å². The molecule has 0 aliphatic carbocycles. The summed E-state index contributed by atoms with van der Waals surface area (Å²) in [5.74, 6) is 0.564. The number of aromatic nitrogens is 2. The van der Waals surface area contributed by atoms with Crippen molar-refractivity contribution in [2.45, 2.75) is 18.6 Å². The Morgan fingerprint density at radius 3 is 2.60 bits per heavy atom. The summed E-state index contributed by atoms with van der Waals surface area (Å²) in [7, 11) is 7.33. The Kier molecular flexibility index (Phi) is 4.51. The maximum atomic E-state index is 12.2. The molecule has 0 spiro atoms. The van der Waals surface area contributed by atoms with Gasteiger partial charge in [0.1, 0.15) is 0 Å². The standard InChI is InChI=1S/C13H21N5O2/c1-17(2)13-14-6-9(7-15-13)16-12(19)11-5-10(20-4)8-18(11)3/h6-7,10-11H,5,8H2,1-4H3,(H,16,19)/t10-,11-/m0/s1. The number of anilines is 2. The molecule has 0 saturated carbocycles. The van der Waals surface area contributed by atoms with Gasteiger partial charge in [-0.25, -0.2) is 9.97 Å². The van der Waals surface area contributed by atoms with Gasteiger partial charge in [0, 0.05) is 27.7 Å². The molecular weight excluding hydrogens is 258 g/mol. The second-order valence-corrected chi connectivity index (χ2v) is 5.20. The van der Waals surface area contributed by atoms with Crippen molar-refractivity contribution in [2.24, 2.45) is 0 Å². The summed E-state index contributed by atoms with van der Waals surface area (Å²) >= 11 is 0. The predicted molar refractivity (Wildman–Crippen MR) is 76.8 cm³/mol. The highest BCUT2D eigenvalue weighted by Gasteiger charge is 2.34. The summed E-state index contributed by atoms with van der Waals surface area (Å²) in [5, 5.41) is 2.85. The van der Waals surface area contributed by atoms with Crippen molar-refractivity contribution in [1.29, 1.82) is 0 Å². The van der Waals surface area contributed by atoms with Gasteiger partial charge in [-0.15, -0.1) is 0 Å². The topological polar surface area (TPSA) is 70.6 Å². The Hall–Kier alpha value is -1.73. The minimum atomic E-state index is -0.173. The van der Waals surface area contributed by atoms with E-state index in [9.17, 15) is 4.79 Å². The number of likely N-dealkylation sites (N-methyl/N-ethyl adjacent to an activating group) is 1. The summed E-state index contributed by atoms with van der Waals surface area (Å²) in [6.07, 6.45) is 4.05. The number of likely N-dealkylation sites (tertiary alicyclic amines) is 1. The number of carbonyl (C=O) groups is 1. The lowest BCUT2D eigenvalue weighted by atomic mass is 10.2. The predicted octanol–water partition coefficient (Wildman–Crippen LogP) is 0.200. The number of amides is 1. The average molecular weight is 279 g/mol. The molecule has 2 atom stereocenters. The van der Waals surface area contributed by atoms with Crippen LogP contribution in [0.2, 0.25) is 0 Å². The second-order valence-electron chi connectivity index (χ2n) is 5.20. The number of nitrogens with zero attached hydrogens (tertiary/aromatic N) is 4. The number of nitrogens with one attached hydrogen (secondary N) is 1. The Labute approximate surface area is 118 Å². The van der Waals surface area contributed by atoms with Crippen LogP contribution < -0.4 is 10.2 Å². The first-order valence-electron chi connectivity index (χ1n) is 6.54. The van der Waals surface area contributed by atoms with Gasteiger partial charge >= 0.3 is 0 Å². The molecular formula is C13H21N5O2. The highest BCUT2D eigenvalue weighted by molar-refractivity contribution is 5.94. The first kappa shape index (κ1) is 14.7. The minimum absolute atomic E-state index is 0.0479. The van der Waals surface area contributed by atoms with Crippen molar-refractivity contribution in [3.63, 3.8) is 0 Å². The quantitative estimate of drug-likeness (QED) is 0.849. The van der Waals surface area contributed by atoms with Crippen molar-refractivity contribution < 1.29 is 9.53 Å². The molecule has 2 rings (SSSR count). The largest absolute Gasteiger partial charge is 0.380 e. The molecule has 1 amide bonds. The molecule has 1 N–H and O–H groups in total. The molecule has 1 aromatic heterocycles. The summed E-state index contributed by atoms with van der Waals surface area (Å²) in [6, 6.07) is -0.173. The van der Waals surface area contributed by atoms with Crippen molar-refractivity contribution in [3.8, 4) is 0 Å². The van der Waals surface area contributed by atoms with Gasteiger partial charge in [0.25, 0.3) is 0 Å². The maximum absolute atomic E-state index is 12.2. The molecule has 0 unspecified atom stereocenters. The van der Waals surface area contributed by atoms with Crippen molar-refractivity contribution in [1.82, 2.24) is 14.9 Å². The lowest BCUT2D eigenvalue weighted by molar-refractivity contribution is -0.120. The number of rotatable bonds is 4. The van der Waals surface area contributed by atoms with E-state index in [0.717, 1.165) is 6.54 Å². The SMILES string of the molecule is CO[C@H]1C[C@@H](C(=O)Nc2cnc(N(C)C)nc2)N(C)C1. The Balaban J connectivity index is 1.97. The van der Waals surface area contributed by atoms with Gasteiger partial charge in [-0.2, -0.15) is 0 Å². The van der Waals surface area contributed by atoms with E-state index in [1.165, 1.54) is 0 Å². The summed E-state index contributed by atoms with van der Waals surface area (Å²) in [5.41, 5.74) is 0.606. The maximum Gasteiger partial charge on any atom is 0.241 e. The van der Waals surface area contributed by atoms with Gasteiger partial charge in [-0.3, -0.25) is 9.69 Å². The molecule has 0 aromatic carbocycles. The fourth-order valence-corrected chi connectivity index (χ4v) is 2.27. The van der Waals surface area contributed by atoms with E-state index in [4.69, 9.17) is 4.74 Å². The van der Waals surface area contributed by atoms with Crippen LogP contribution in [0.1, 0.15) is 6.42 Å². The van der Waals surface area contributed by atoms with Crippen molar-refractivity contribution in [3.05, 3.63) is 12.4 Å². The average Bonchev–Trinajstić information content (AvgIpc) is 2.80. The molecule has 0 bridgehead atoms. The van der Waals surface area contributed by atoms with Crippen LogP contribution >= 0.6 is 0 Å². The zero-order valence-electron chi connectivity index (χ0n) is 12.3. The Morgan fingerprint density at radius 1 is 1.45 bits per heavy atom. The molecule has 1 aliphatic heterocycles. The number of hydrogen-bond acceptors (Lipinski definition) is 6. The fourth-order valence-electron chi connectivity index (χ4n) is 2.27. The Morgan fingerprint density at radius 2 is 2.10 bits per heavy atom. The highest BCUT2D eigenvalue weighted by atomic mass is 16.5. The molecule has 20 heavy (non-hydrogen) atoms. The van der Waals surface area contributed by atoms with Crippen LogP contribution in [0, 0.1) is 0 Å². The molecule has 2 heterocycles. The number of carbonyl (C=O) groups excluding carboxylic acids is 1. The number of ether oxygens (including phenoxy) is 1.